The van der Waals surface area contributed by atoms with Crippen LogP contribution in [0.1, 0.15) is 57.3 Å². The van der Waals surface area contributed by atoms with Gasteiger partial charge in [-0.1, -0.05) is 36.2 Å². The molecule has 0 N–H and O–H groups in total. The van der Waals surface area contributed by atoms with E-state index in [4.69, 9.17) is 38.3 Å². The summed E-state index contributed by atoms with van der Waals surface area (Å²) in [6.07, 6.45) is 5.73. The van der Waals surface area contributed by atoms with Gasteiger partial charge < -0.3 is 4.90 Å². The topological polar surface area (TPSA) is 50.1 Å². The first-order valence-electron chi connectivity index (χ1n) is 12.0. The van der Waals surface area contributed by atoms with Crippen LogP contribution < -0.4 is 4.90 Å². The number of piperidine rings is 1. The van der Waals surface area contributed by atoms with Gasteiger partial charge in [0.2, 0.25) is 0 Å². The molecule has 0 saturated carbocycles. The van der Waals surface area contributed by atoms with Gasteiger partial charge in [0.15, 0.2) is 5.65 Å². The Morgan fingerprint density at radius 3 is 2.64 bits per heavy atom. The summed E-state index contributed by atoms with van der Waals surface area (Å²) >= 11 is 12.6. The molecule has 2 aromatic heterocycles. The van der Waals surface area contributed by atoms with Gasteiger partial charge in [0.25, 0.3) is 0 Å². The predicted molar refractivity (Wildman–Crippen MR) is 136 cm³/mol. The monoisotopic (exact) mass is 486 g/mol. The molecule has 6 nitrogen and oxygen atoms in total. The highest BCUT2D eigenvalue weighted by Crippen LogP contribution is 2.33. The fraction of sp³-hybridized carbons (Fsp3) is 0.560. The number of likely N-dealkylation sites (tertiary alicyclic amines) is 1. The second-order valence-electron chi connectivity index (χ2n) is 9.78. The minimum Gasteiger partial charge on any atom is -0.355 e. The number of fused-ring (bicyclic) bond motifs is 1. The molecule has 2 unspecified atom stereocenters. The van der Waals surface area contributed by atoms with Gasteiger partial charge in [0.05, 0.1) is 17.9 Å². The van der Waals surface area contributed by atoms with E-state index in [0.717, 1.165) is 41.3 Å². The molecule has 4 atom stereocenters. The van der Waals surface area contributed by atoms with Crippen molar-refractivity contribution in [2.24, 2.45) is 5.92 Å². The number of aryl methyl sites for hydroxylation is 1. The molecule has 0 bridgehead atoms. The second kappa shape index (κ2) is 9.05. The minimum atomic E-state index is -0.0863. The number of rotatable bonds is 4. The van der Waals surface area contributed by atoms with Gasteiger partial charge in [-0.2, -0.15) is 5.10 Å². The van der Waals surface area contributed by atoms with E-state index >= 15 is 0 Å². The molecule has 0 radical (unpaired) electrons. The average molecular weight is 487 g/mol. The smallest absolute Gasteiger partial charge is 0.179 e. The number of nitrogens with zero attached hydrogens (tertiary/aromatic N) is 6. The quantitative estimate of drug-likeness (QED) is 0.469. The SMILES string of the molecule is Cc1nn(C(C)c2ccc(Cl)cc2Cl)c2nc(N3CC[C@H](N4CCCC4C)[C@H](C)C3)cnc12. The third kappa shape index (κ3) is 4.22. The van der Waals surface area contributed by atoms with E-state index in [1.165, 1.54) is 25.8 Å². The summed E-state index contributed by atoms with van der Waals surface area (Å²) in [6.45, 7) is 12.1. The van der Waals surface area contributed by atoms with Gasteiger partial charge in [-0.15, -0.1) is 0 Å². The van der Waals surface area contributed by atoms with E-state index in [0.29, 0.717) is 28.0 Å². The molecule has 0 amide bonds. The number of halogens is 2. The van der Waals surface area contributed by atoms with Gasteiger partial charge in [0.1, 0.15) is 11.3 Å². The van der Waals surface area contributed by atoms with Crippen molar-refractivity contribution in [2.45, 2.75) is 65.1 Å². The molecule has 0 aliphatic carbocycles. The highest BCUT2D eigenvalue weighted by atomic mass is 35.5. The Kier molecular flexibility index (Phi) is 6.27. The molecule has 2 aliphatic heterocycles. The van der Waals surface area contributed by atoms with E-state index in [9.17, 15) is 0 Å². The highest BCUT2D eigenvalue weighted by Gasteiger charge is 2.35. The number of hydrogen-bond donors (Lipinski definition) is 0. The molecular formula is C25H32Cl2N6. The standard InChI is InChI=1S/C25H32Cl2N6/c1-15-14-31(11-9-22(15)32-10-5-6-16(32)2)23-13-28-24-17(3)30-33(25(24)29-23)18(4)20-8-7-19(26)12-21(20)27/h7-8,12-13,15-16,18,22H,5-6,9-11,14H2,1-4H3/t15-,16?,18?,22+/m1/s1. The Morgan fingerprint density at radius 2 is 1.94 bits per heavy atom. The van der Waals surface area contributed by atoms with Crippen molar-refractivity contribution in [2.75, 3.05) is 24.5 Å². The van der Waals surface area contributed by atoms with Crippen LogP contribution in [0.2, 0.25) is 10.0 Å². The van der Waals surface area contributed by atoms with E-state index < -0.39 is 0 Å². The molecule has 2 saturated heterocycles. The summed E-state index contributed by atoms with van der Waals surface area (Å²) in [4.78, 5) is 15.0. The van der Waals surface area contributed by atoms with Crippen LogP contribution in [0.3, 0.4) is 0 Å². The first-order valence-corrected chi connectivity index (χ1v) is 12.8. The summed E-state index contributed by atoms with van der Waals surface area (Å²) in [5, 5.41) is 6.04. The molecular weight excluding hydrogens is 455 g/mol. The zero-order chi connectivity index (χ0) is 23.3. The van der Waals surface area contributed by atoms with Gasteiger partial charge in [-0.3, -0.25) is 4.90 Å². The summed E-state index contributed by atoms with van der Waals surface area (Å²) in [5.74, 6) is 1.52. The maximum atomic E-state index is 6.51. The van der Waals surface area contributed by atoms with Crippen LogP contribution in [0.25, 0.3) is 11.2 Å². The number of hydrogen-bond acceptors (Lipinski definition) is 5. The van der Waals surface area contributed by atoms with Crippen molar-refractivity contribution < 1.29 is 0 Å². The van der Waals surface area contributed by atoms with Gasteiger partial charge >= 0.3 is 0 Å². The fourth-order valence-electron chi connectivity index (χ4n) is 5.72. The first kappa shape index (κ1) is 22.9. The van der Waals surface area contributed by atoms with Gasteiger partial charge in [-0.05, 0) is 70.2 Å². The average Bonchev–Trinajstić information content (AvgIpc) is 3.36. The Bertz CT molecular complexity index is 1160. The highest BCUT2D eigenvalue weighted by molar-refractivity contribution is 6.35. The first-order chi connectivity index (χ1) is 15.8. The lowest BCUT2D eigenvalue weighted by Gasteiger charge is -2.43. The normalized spacial score (nSPS) is 25.2. The third-order valence-electron chi connectivity index (χ3n) is 7.55. The number of benzene rings is 1. The zero-order valence-electron chi connectivity index (χ0n) is 19.8. The van der Waals surface area contributed by atoms with E-state index in [1.54, 1.807) is 6.07 Å². The van der Waals surface area contributed by atoms with Crippen molar-refractivity contribution in [3.8, 4) is 0 Å². The molecule has 1 aromatic carbocycles. The maximum absolute atomic E-state index is 6.51. The summed E-state index contributed by atoms with van der Waals surface area (Å²) in [7, 11) is 0. The van der Waals surface area contributed by atoms with Crippen LogP contribution >= 0.6 is 23.2 Å². The van der Waals surface area contributed by atoms with E-state index in [-0.39, 0.29) is 6.04 Å². The molecule has 2 aliphatic rings. The van der Waals surface area contributed by atoms with Crippen molar-refractivity contribution in [1.29, 1.82) is 0 Å². The van der Waals surface area contributed by atoms with E-state index in [2.05, 4.69) is 30.6 Å². The van der Waals surface area contributed by atoms with Crippen LogP contribution in [0.4, 0.5) is 5.82 Å². The Morgan fingerprint density at radius 1 is 1.12 bits per heavy atom. The summed E-state index contributed by atoms with van der Waals surface area (Å²) in [6, 6.07) is 6.88. The molecule has 2 fully saturated rings. The van der Waals surface area contributed by atoms with Gasteiger partial charge in [0, 0.05) is 35.2 Å². The molecule has 4 heterocycles. The molecule has 33 heavy (non-hydrogen) atoms. The summed E-state index contributed by atoms with van der Waals surface area (Å²) in [5.41, 5.74) is 3.47. The van der Waals surface area contributed by atoms with Crippen molar-refractivity contribution in [3.63, 3.8) is 0 Å². The molecule has 0 spiro atoms. The van der Waals surface area contributed by atoms with Crippen molar-refractivity contribution in [3.05, 3.63) is 45.7 Å². The van der Waals surface area contributed by atoms with Gasteiger partial charge in [-0.25, -0.2) is 14.6 Å². The maximum Gasteiger partial charge on any atom is 0.179 e. The second-order valence-corrected chi connectivity index (χ2v) is 10.6. The van der Waals surface area contributed by atoms with Crippen molar-refractivity contribution >= 4 is 40.2 Å². The number of aromatic nitrogens is 4. The molecule has 8 heteroatoms. The Labute approximate surface area is 205 Å². The Balaban J connectivity index is 1.43. The van der Waals surface area contributed by atoms with Crippen LogP contribution in [0.15, 0.2) is 24.4 Å². The molecule has 176 valence electrons. The lowest BCUT2D eigenvalue weighted by Crippen LogP contribution is -2.51. The predicted octanol–water partition coefficient (Wildman–Crippen LogP) is 5.75. The zero-order valence-corrected chi connectivity index (χ0v) is 21.3. The largest absolute Gasteiger partial charge is 0.355 e. The minimum absolute atomic E-state index is 0.0863. The van der Waals surface area contributed by atoms with E-state index in [1.807, 2.05) is 29.9 Å². The van der Waals surface area contributed by atoms with Crippen LogP contribution in [0, 0.1) is 12.8 Å². The van der Waals surface area contributed by atoms with Crippen LogP contribution in [-0.4, -0.2) is 56.4 Å². The lowest BCUT2D eigenvalue weighted by atomic mass is 9.92. The Hall–Kier alpha value is -1.89. The summed E-state index contributed by atoms with van der Waals surface area (Å²) < 4.78 is 1.94. The van der Waals surface area contributed by atoms with Crippen molar-refractivity contribution in [1.82, 2.24) is 24.6 Å². The lowest BCUT2D eigenvalue weighted by molar-refractivity contribution is 0.122. The molecule has 5 rings (SSSR count). The number of anilines is 1. The third-order valence-corrected chi connectivity index (χ3v) is 8.12. The molecule has 3 aromatic rings. The fourth-order valence-corrected chi connectivity index (χ4v) is 6.28. The van der Waals surface area contributed by atoms with Crippen LogP contribution in [-0.2, 0) is 0 Å². The van der Waals surface area contributed by atoms with Crippen LogP contribution in [0.5, 0.6) is 0 Å².